The molecule has 0 unspecified atom stereocenters. The fraction of sp³-hybridized carbons (Fsp3) is 0.348. The van der Waals surface area contributed by atoms with Gasteiger partial charge >= 0.3 is 5.97 Å². The number of rotatable bonds is 4. The number of oxime groups is 1. The van der Waals surface area contributed by atoms with Crippen molar-refractivity contribution >= 4 is 31.0 Å². The fourth-order valence-electron chi connectivity index (χ4n) is 3.41. The molecule has 1 aliphatic rings. The topological polar surface area (TPSA) is 84.9 Å². The maximum Gasteiger partial charge on any atom is 0.372 e. The third-order valence-corrected chi connectivity index (χ3v) is 10.4. The molecule has 1 aromatic carbocycles. The lowest BCUT2D eigenvalue weighted by molar-refractivity contribution is 0.0666. The van der Waals surface area contributed by atoms with Gasteiger partial charge in [0.25, 0.3) is 8.32 Å². The Hall–Kier alpha value is -2.93. The van der Waals surface area contributed by atoms with Gasteiger partial charge in [0.05, 0.1) is 11.9 Å². The van der Waals surface area contributed by atoms with Crippen LogP contribution in [0.15, 0.2) is 46.2 Å². The van der Waals surface area contributed by atoms with E-state index >= 15 is 0 Å². The summed E-state index contributed by atoms with van der Waals surface area (Å²) in [6, 6.07) is 7.77. The van der Waals surface area contributed by atoms with Gasteiger partial charge in [-0.25, -0.2) is 4.79 Å². The smallest absolute Gasteiger partial charge is 0.372 e. The molecule has 0 spiro atoms. The summed E-state index contributed by atoms with van der Waals surface area (Å²) in [5.41, 5.74) is 5.05. The van der Waals surface area contributed by atoms with Crippen LogP contribution in [0.1, 0.15) is 48.9 Å². The summed E-state index contributed by atoms with van der Waals surface area (Å²) in [6.45, 7) is 10.9. The first-order chi connectivity index (χ1) is 14.1. The van der Waals surface area contributed by atoms with E-state index in [0.29, 0.717) is 11.1 Å². The molecule has 0 atom stereocenters. The van der Waals surface area contributed by atoms with Crippen LogP contribution < -0.4 is 0 Å². The number of aromatic carboxylic acids is 1. The van der Waals surface area contributed by atoms with E-state index < -0.39 is 14.3 Å². The van der Waals surface area contributed by atoms with Crippen LogP contribution in [0.3, 0.4) is 0 Å². The van der Waals surface area contributed by atoms with E-state index in [1.165, 1.54) is 0 Å². The van der Waals surface area contributed by atoms with Crippen LogP contribution in [0.5, 0.6) is 0 Å². The van der Waals surface area contributed by atoms with E-state index in [4.69, 9.17) is 8.94 Å². The number of fused-ring (bicyclic) bond motifs is 2. The van der Waals surface area contributed by atoms with Crippen LogP contribution in [0, 0.1) is 0 Å². The second-order valence-corrected chi connectivity index (χ2v) is 13.9. The molecule has 30 heavy (non-hydrogen) atoms. The number of carboxylic acid groups (broad SMARTS) is 1. The van der Waals surface area contributed by atoms with Crippen molar-refractivity contribution in [3.05, 3.63) is 53.5 Å². The first-order valence-corrected chi connectivity index (χ1v) is 13.0. The average Bonchev–Trinajstić information content (AvgIpc) is 3.26. The van der Waals surface area contributed by atoms with Gasteiger partial charge in [-0.2, -0.15) is 0 Å². The molecule has 1 N–H and O–H groups in total. The summed E-state index contributed by atoms with van der Waals surface area (Å²) in [5, 5.41) is 15.0. The Morgan fingerprint density at radius 1 is 1.23 bits per heavy atom. The number of aromatic nitrogens is 1. The highest BCUT2D eigenvalue weighted by molar-refractivity contribution is 6.74. The van der Waals surface area contributed by atoms with E-state index in [2.05, 4.69) is 44.0 Å². The van der Waals surface area contributed by atoms with Crippen LogP contribution in [-0.4, -0.2) is 30.1 Å². The van der Waals surface area contributed by atoms with Crippen LogP contribution in [0.25, 0.3) is 22.1 Å². The maximum atomic E-state index is 11.8. The first kappa shape index (κ1) is 20.3. The summed E-state index contributed by atoms with van der Waals surface area (Å²) < 4.78 is 11.6. The molecule has 3 aromatic rings. The predicted octanol–water partition coefficient (Wildman–Crippen LogP) is 5.87. The molecule has 1 aliphatic carbocycles. The summed E-state index contributed by atoms with van der Waals surface area (Å²) in [4.78, 5) is 15.8. The van der Waals surface area contributed by atoms with Crippen molar-refractivity contribution < 1.29 is 18.8 Å². The standard InChI is InChI=1S/C23H26N2O4Si/c1-23(2,3)30(4,5)29-25-18-9-7-14-12-15(6-8-16(14)18)20-17-10-11-24-13-19(17)28-21(20)22(26)27/h6,8,10-13H,7,9H2,1-5H3,(H,26,27). The minimum atomic E-state index is -1.97. The van der Waals surface area contributed by atoms with Crippen molar-refractivity contribution in [1.29, 1.82) is 0 Å². The molecule has 2 aromatic heterocycles. The molecule has 2 heterocycles. The van der Waals surface area contributed by atoms with Gasteiger partial charge in [-0.15, -0.1) is 5.16 Å². The number of aryl methyl sites for hydroxylation is 1. The quantitative estimate of drug-likeness (QED) is 0.420. The molecule has 0 saturated heterocycles. The number of hydrogen-bond acceptors (Lipinski definition) is 5. The van der Waals surface area contributed by atoms with Gasteiger partial charge in [-0.1, -0.05) is 39.0 Å². The largest absolute Gasteiger partial charge is 0.475 e. The highest BCUT2D eigenvalue weighted by Gasteiger charge is 2.40. The Bertz CT molecular complexity index is 1170. The van der Waals surface area contributed by atoms with Crippen molar-refractivity contribution in [2.45, 2.75) is 51.7 Å². The molecule has 7 heteroatoms. The van der Waals surface area contributed by atoms with Gasteiger partial charge in [0.2, 0.25) is 5.76 Å². The number of hydrogen-bond donors (Lipinski definition) is 1. The summed E-state index contributed by atoms with van der Waals surface area (Å²) >= 11 is 0. The van der Waals surface area contributed by atoms with E-state index in [1.54, 1.807) is 18.5 Å². The van der Waals surface area contributed by atoms with Gasteiger partial charge < -0.3 is 14.1 Å². The predicted molar refractivity (Wildman–Crippen MR) is 120 cm³/mol. The van der Waals surface area contributed by atoms with Gasteiger partial charge in [-0.05, 0) is 48.2 Å². The molecule has 0 bridgehead atoms. The van der Waals surface area contributed by atoms with Crippen molar-refractivity contribution in [2.24, 2.45) is 5.16 Å². The Morgan fingerprint density at radius 3 is 2.70 bits per heavy atom. The summed E-state index contributed by atoms with van der Waals surface area (Å²) in [7, 11) is -1.97. The Kier molecular flexibility index (Phi) is 4.81. The highest BCUT2D eigenvalue weighted by Crippen LogP contribution is 2.39. The Labute approximate surface area is 176 Å². The van der Waals surface area contributed by atoms with Crippen LogP contribution >= 0.6 is 0 Å². The number of carbonyl (C=O) groups is 1. The third-order valence-electron chi connectivity index (χ3n) is 6.21. The minimum Gasteiger partial charge on any atom is -0.475 e. The zero-order chi connectivity index (χ0) is 21.7. The first-order valence-electron chi connectivity index (χ1n) is 10.1. The summed E-state index contributed by atoms with van der Waals surface area (Å²) in [5.74, 6) is -1.15. The second kappa shape index (κ2) is 7.09. The maximum absolute atomic E-state index is 11.8. The Balaban J connectivity index is 1.72. The number of pyridine rings is 1. The lowest BCUT2D eigenvalue weighted by atomic mass is 9.98. The molecule has 0 aliphatic heterocycles. The summed E-state index contributed by atoms with van der Waals surface area (Å²) in [6.07, 6.45) is 4.85. The van der Waals surface area contributed by atoms with Gasteiger partial charge in [-0.3, -0.25) is 4.98 Å². The zero-order valence-corrected chi connectivity index (χ0v) is 18.9. The van der Waals surface area contributed by atoms with E-state index in [0.717, 1.165) is 40.6 Å². The fourth-order valence-corrected chi connectivity index (χ4v) is 4.03. The lowest BCUT2D eigenvalue weighted by Crippen LogP contribution is -2.39. The van der Waals surface area contributed by atoms with Crippen molar-refractivity contribution in [3.8, 4) is 11.1 Å². The number of nitrogens with zero attached hydrogens (tertiary/aromatic N) is 2. The minimum absolute atomic E-state index is 0.0638. The number of furan rings is 1. The molecular formula is C23H26N2O4Si. The molecular weight excluding hydrogens is 396 g/mol. The highest BCUT2D eigenvalue weighted by atomic mass is 28.4. The second-order valence-electron chi connectivity index (χ2n) is 9.24. The van der Waals surface area contributed by atoms with Crippen molar-refractivity contribution in [3.63, 3.8) is 0 Å². The molecule has 0 amide bonds. The molecule has 0 saturated carbocycles. The van der Waals surface area contributed by atoms with Crippen molar-refractivity contribution in [1.82, 2.24) is 4.98 Å². The lowest BCUT2D eigenvalue weighted by Gasteiger charge is -2.33. The van der Waals surface area contributed by atoms with Gasteiger partial charge in [0, 0.05) is 22.7 Å². The SMILES string of the molecule is CC(C)(C)[Si](C)(C)ON=C1CCc2cc(-c3c(C(=O)O)oc4cnccc34)ccc21. The zero-order valence-electron chi connectivity index (χ0n) is 17.9. The monoisotopic (exact) mass is 422 g/mol. The number of carboxylic acids is 1. The van der Waals surface area contributed by atoms with Crippen LogP contribution in [0.2, 0.25) is 18.1 Å². The van der Waals surface area contributed by atoms with Crippen LogP contribution in [0.4, 0.5) is 0 Å². The van der Waals surface area contributed by atoms with E-state index in [-0.39, 0.29) is 10.8 Å². The van der Waals surface area contributed by atoms with Crippen molar-refractivity contribution in [2.75, 3.05) is 0 Å². The molecule has 0 fully saturated rings. The van der Waals surface area contributed by atoms with Gasteiger partial charge in [0.15, 0.2) is 5.58 Å². The normalized spacial score (nSPS) is 15.6. The van der Waals surface area contributed by atoms with E-state index in [1.807, 2.05) is 18.2 Å². The van der Waals surface area contributed by atoms with Crippen LogP contribution in [-0.2, 0) is 10.9 Å². The number of benzene rings is 1. The molecule has 156 valence electrons. The molecule has 4 rings (SSSR count). The molecule has 0 radical (unpaired) electrons. The third kappa shape index (κ3) is 3.43. The average molecular weight is 423 g/mol. The molecule has 6 nitrogen and oxygen atoms in total. The Morgan fingerprint density at radius 2 is 2.00 bits per heavy atom. The van der Waals surface area contributed by atoms with E-state index in [9.17, 15) is 9.90 Å². The van der Waals surface area contributed by atoms with Gasteiger partial charge in [0.1, 0.15) is 0 Å².